The fourth-order valence-corrected chi connectivity index (χ4v) is 2.17. The first-order chi connectivity index (χ1) is 7.83. The number of hydrogen-bond acceptors (Lipinski definition) is 4. The van der Waals surface area contributed by atoms with Gasteiger partial charge in [0.25, 0.3) is 0 Å². The van der Waals surface area contributed by atoms with Crippen LogP contribution in [-0.4, -0.2) is 31.8 Å². The molecule has 88 valence electrons. The number of nitrogens with zero attached hydrogens (tertiary/aromatic N) is 2. The molecule has 1 aliphatic rings. The highest BCUT2D eigenvalue weighted by atomic mass is 16.5. The van der Waals surface area contributed by atoms with Crippen molar-refractivity contribution in [2.75, 3.05) is 31.7 Å². The molecule has 1 aliphatic heterocycles. The highest BCUT2D eigenvalue weighted by Gasteiger charge is 2.23. The second-order valence-electron chi connectivity index (χ2n) is 4.28. The van der Waals surface area contributed by atoms with Gasteiger partial charge in [0.05, 0.1) is 6.61 Å². The summed E-state index contributed by atoms with van der Waals surface area (Å²) in [4.78, 5) is 6.70. The zero-order valence-corrected chi connectivity index (χ0v) is 9.72. The first-order valence-electron chi connectivity index (χ1n) is 5.72. The molecule has 1 saturated heterocycles. The minimum absolute atomic E-state index is 0.574. The number of aromatic nitrogens is 1. The van der Waals surface area contributed by atoms with Crippen LogP contribution in [0.25, 0.3) is 0 Å². The summed E-state index contributed by atoms with van der Waals surface area (Å²) in [5.74, 6) is 1.68. The Hall–Kier alpha value is -1.13. The molecule has 4 nitrogen and oxygen atoms in total. The summed E-state index contributed by atoms with van der Waals surface area (Å²) in [6, 6.07) is 4.04. The second kappa shape index (κ2) is 5.27. The number of anilines is 1. The molecule has 1 aromatic heterocycles. The monoisotopic (exact) mass is 221 g/mol. The third-order valence-corrected chi connectivity index (χ3v) is 3.06. The van der Waals surface area contributed by atoms with Crippen molar-refractivity contribution in [1.29, 1.82) is 0 Å². The predicted molar refractivity (Wildman–Crippen MR) is 64.3 cm³/mol. The van der Waals surface area contributed by atoms with Gasteiger partial charge in [0, 0.05) is 38.9 Å². The van der Waals surface area contributed by atoms with E-state index in [1.807, 2.05) is 12.3 Å². The molecule has 0 aromatic carbocycles. The molecule has 2 N–H and O–H groups in total. The Kier molecular flexibility index (Phi) is 3.74. The molecule has 2 rings (SSSR count). The molecule has 1 unspecified atom stereocenters. The fourth-order valence-electron chi connectivity index (χ4n) is 2.17. The third-order valence-electron chi connectivity index (χ3n) is 3.06. The lowest BCUT2D eigenvalue weighted by molar-refractivity contribution is 0.161. The zero-order chi connectivity index (χ0) is 11.4. The molecule has 0 spiro atoms. The lowest BCUT2D eigenvalue weighted by Crippen LogP contribution is -2.22. The second-order valence-corrected chi connectivity index (χ2v) is 4.28. The van der Waals surface area contributed by atoms with Crippen molar-refractivity contribution in [2.24, 2.45) is 11.7 Å². The van der Waals surface area contributed by atoms with Crippen LogP contribution in [0.4, 0.5) is 5.82 Å². The normalized spacial score (nSPS) is 20.4. The molecule has 1 atom stereocenters. The van der Waals surface area contributed by atoms with Gasteiger partial charge in [0.15, 0.2) is 0 Å². The van der Waals surface area contributed by atoms with Gasteiger partial charge in [-0.3, -0.25) is 0 Å². The van der Waals surface area contributed by atoms with Crippen molar-refractivity contribution in [3.8, 4) is 0 Å². The summed E-state index contributed by atoms with van der Waals surface area (Å²) in [6.07, 6.45) is 3.02. The van der Waals surface area contributed by atoms with E-state index in [1.165, 1.54) is 6.42 Å². The van der Waals surface area contributed by atoms with Crippen molar-refractivity contribution >= 4 is 5.82 Å². The zero-order valence-electron chi connectivity index (χ0n) is 9.72. The Morgan fingerprint density at radius 2 is 2.50 bits per heavy atom. The van der Waals surface area contributed by atoms with Crippen molar-refractivity contribution in [3.63, 3.8) is 0 Å². The molecule has 0 radical (unpaired) electrons. The molecule has 1 fully saturated rings. The molecule has 16 heavy (non-hydrogen) atoms. The van der Waals surface area contributed by atoms with Gasteiger partial charge in [0.2, 0.25) is 0 Å². The number of hydrogen-bond donors (Lipinski definition) is 1. The average molecular weight is 221 g/mol. The van der Waals surface area contributed by atoms with Crippen molar-refractivity contribution in [3.05, 3.63) is 23.9 Å². The van der Waals surface area contributed by atoms with E-state index in [0.717, 1.165) is 31.1 Å². The van der Waals surface area contributed by atoms with Gasteiger partial charge in [-0.15, -0.1) is 0 Å². The Morgan fingerprint density at radius 3 is 3.25 bits per heavy atom. The van der Waals surface area contributed by atoms with Crippen LogP contribution in [0.15, 0.2) is 18.3 Å². The molecular weight excluding hydrogens is 202 g/mol. The first-order valence-corrected chi connectivity index (χ1v) is 5.72. The Balaban J connectivity index is 2.02. The third kappa shape index (κ3) is 2.51. The van der Waals surface area contributed by atoms with Crippen LogP contribution in [0.1, 0.15) is 12.0 Å². The van der Waals surface area contributed by atoms with Crippen LogP contribution in [-0.2, 0) is 11.3 Å². The van der Waals surface area contributed by atoms with Crippen LogP contribution in [0.3, 0.4) is 0 Å². The van der Waals surface area contributed by atoms with Gasteiger partial charge >= 0.3 is 0 Å². The maximum atomic E-state index is 5.63. The molecule has 0 amide bonds. The van der Waals surface area contributed by atoms with Crippen LogP contribution >= 0.6 is 0 Å². The number of nitrogens with two attached hydrogens (primary N) is 1. The smallest absolute Gasteiger partial charge is 0.128 e. The minimum atomic E-state index is 0.574. The van der Waals surface area contributed by atoms with E-state index in [-0.39, 0.29) is 0 Å². The van der Waals surface area contributed by atoms with E-state index in [0.29, 0.717) is 12.5 Å². The van der Waals surface area contributed by atoms with Gasteiger partial charge in [-0.1, -0.05) is 0 Å². The van der Waals surface area contributed by atoms with Crippen LogP contribution in [0.2, 0.25) is 0 Å². The van der Waals surface area contributed by atoms with Crippen LogP contribution in [0, 0.1) is 5.92 Å². The highest BCUT2D eigenvalue weighted by Crippen LogP contribution is 2.22. The topological polar surface area (TPSA) is 51.4 Å². The van der Waals surface area contributed by atoms with E-state index in [9.17, 15) is 0 Å². The van der Waals surface area contributed by atoms with Gasteiger partial charge in [-0.2, -0.15) is 0 Å². The van der Waals surface area contributed by atoms with Gasteiger partial charge in [-0.25, -0.2) is 4.98 Å². The quantitative estimate of drug-likeness (QED) is 0.824. The number of methoxy groups -OCH3 is 1. The number of rotatable bonds is 4. The Bertz CT molecular complexity index is 343. The SMILES string of the molecule is COCC1CCN(c2cc(CN)ccn2)C1. The van der Waals surface area contributed by atoms with Gasteiger partial charge in [-0.05, 0) is 24.1 Å². The lowest BCUT2D eigenvalue weighted by Gasteiger charge is -2.17. The standard InChI is InChI=1S/C12H19N3O/c1-16-9-11-3-5-15(8-11)12-6-10(7-13)2-4-14-12/h2,4,6,11H,3,5,7-9,13H2,1H3. The maximum absolute atomic E-state index is 5.63. The largest absolute Gasteiger partial charge is 0.384 e. The molecule has 4 heteroatoms. The van der Waals surface area contributed by atoms with E-state index < -0.39 is 0 Å². The summed E-state index contributed by atoms with van der Waals surface area (Å²) in [7, 11) is 1.76. The predicted octanol–water partition coefficient (Wildman–Crippen LogP) is 1.01. The van der Waals surface area contributed by atoms with E-state index in [4.69, 9.17) is 10.5 Å². The van der Waals surface area contributed by atoms with Crippen molar-refractivity contribution in [2.45, 2.75) is 13.0 Å². The van der Waals surface area contributed by atoms with Crippen LogP contribution < -0.4 is 10.6 Å². The maximum Gasteiger partial charge on any atom is 0.128 e. The molecule has 1 aromatic rings. The van der Waals surface area contributed by atoms with Crippen LogP contribution in [0.5, 0.6) is 0 Å². The summed E-state index contributed by atoms with van der Waals surface area (Å²) in [6.45, 7) is 3.52. The Morgan fingerprint density at radius 1 is 1.62 bits per heavy atom. The van der Waals surface area contributed by atoms with Gasteiger partial charge < -0.3 is 15.4 Å². The van der Waals surface area contributed by atoms with E-state index in [2.05, 4.69) is 16.0 Å². The van der Waals surface area contributed by atoms with Gasteiger partial charge in [0.1, 0.15) is 5.82 Å². The molecule has 0 aliphatic carbocycles. The number of ether oxygens (including phenoxy) is 1. The molecule has 0 saturated carbocycles. The van der Waals surface area contributed by atoms with E-state index in [1.54, 1.807) is 7.11 Å². The Labute approximate surface area is 96.4 Å². The highest BCUT2D eigenvalue weighted by molar-refractivity contribution is 5.42. The minimum Gasteiger partial charge on any atom is -0.384 e. The summed E-state index contributed by atoms with van der Waals surface area (Å²) in [5.41, 5.74) is 6.77. The first kappa shape index (κ1) is 11.4. The van der Waals surface area contributed by atoms with Crippen molar-refractivity contribution < 1.29 is 4.74 Å². The fraction of sp³-hybridized carbons (Fsp3) is 0.583. The molecule has 2 heterocycles. The lowest BCUT2D eigenvalue weighted by atomic mass is 10.1. The summed E-state index contributed by atoms with van der Waals surface area (Å²) in [5, 5.41) is 0. The summed E-state index contributed by atoms with van der Waals surface area (Å²) < 4.78 is 5.19. The summed E-state index contributed by atoms with van der Waals surface area (Å²) >= 11 is 0. The number of pyridine rings is 1. The molecular formula is C12H19N3O. The average Bonchev–Trinajstić information content (AvgIpc) is 2.78. The van der Waals surface area contributed by atoms with E-state index >= 15 is 0 Å². The molecule has 0 bridgehead atoms. The van der Waals surface area contributed by atoms with Crippen molar-refractivity contribution in [1.82, 2.24) is 4.98 Å².